The second-order valence-corrected chi connectivity index (χ2v) is 8.27. The Morgan fingerprint density at radius 3 is 2.50 bits per heavy atom. The molecule has 0 saturated heterocycles. The minimum Gasteiger partial charge on any atom is -0.465 e. The van der Waals surface area contributed by atoms with E-state index < -0.39 is 29.2 Å². The molecule has 0 unspecified atom stereocenters. The van der Waals surface area contributed by atoms with E-state index in [0.717, 1.165) is 15.2 Å². The molecule has 3 amide bonds. The molecule has 0 fully saturated rings. The van der Waals surface area contributed by atoms with Crippen LogP contribution in [0.1, 0.15) is 15.2 Å². The Labute approximate surface area is 204 Å². The van der Waals surface area contributed by atoms with Crippen molar-refractivity contribution < 1.29 is 24.3 Å². The highest BCUT2D eigenvalue weighted by Crippen LogP contribution is 2.21. The Bertz CT molecular complexity index is 1570. The normalized spacial score (nSPS) is 10.8. The Morgan fingerprint density at radius 1 is 1.00 bits per heavy atom. The number of nitrogens with zero attached hydrogens (tertiary/aromatic N) is 3. The number of anilines is 1. The minimum atomic E-state index is -1.25. The first-order valence-electron chi connectivity index (χ1n) is 10.9. The van der Waals surface area contributed by atoms with E-state index in [2.05, 4.69) is 10.3 Å². The van der Waals surface area contributed by atoms with Gasteiger partial charge in [-0.05, 0) is 30.3 Å². The van der Waals surface area contributed by atoms with Gasteiger partial charge in [-0.25, -0.2) is 4.79 Å². The molecule has 2 aromatic carbocycles. The number of pyridine rings is 1. The van der Waals surface area contributed by atoms with Gasteiger partial charge < -0.3 is 25.2 Å². The predicted molar refractivity (Wildman–Crippen MR) is 133 cm³/mol. The summed E-state index contributed by atoms with van der Waals surface area (Å²) >= 11 is 0. The number of hydrogen-bond acceptors (Lipinski definition) is 5. The van der Waals surface area contributed by atoms with E-state index in [1.807, 2.05) is 0 Å². The van der Waals surface area contributed by atoms with Gasteiger partial charge in [0.1, 0.15) is 18.7 Å². The molecule has 0 aliphatic heterocycles. The molecule has 0 saturated carbocycles. The number of amides is 3. The van der Waals surface area contributed by atoms with E-state index in [1.165, 1.54) is 24.9 Å². The average molecular weight is 489 g/mol. The fourth-order valence-electron chi connectivity index (χ4n) is 3.72. The van der Waals surface area contributed by atoms with Gasteiger partial charge >= 0.3 is 6.09 Å². The summed E-state index contributed by atoms with van der Waals surface area (Å²) in [5.74, 6) is -1.55. The molecule has 0 aliphatic carbocycles. The third-order valence-electron chi connectivity index (χ3n) is 5.75. The molecule has 0 spiro atoms. The van der Waals surface area contributed by atoms with Crippen molar-refractivity contribution in [3.05, 3.63) is 76.7 Å². The smallest absolute Gasteiger partial charge is 0.407 e. The summed E-state index contributed by atoms with van der Waals surface area (Å²) in [6.07, 6.45) is 1.66. The Balaban J connectivity index is 1.53. The second kappa shape index (κ2) is 9.74. The van der Waals surface area contributed by atoms with Crippen molar-refractivity contribution in [3.8, 4) is 0 Å². The third kappa shape index (κ3) is 4.80. The second-order valence-electron chi connectivity index (χ2n) is 8.27. The maximum Gasteiger partial charge on any atom is 0.407 e. The number of H-pyrrole nitrogens is 1. The van der Waals surface area contributed by atoms with Crippen LogP contribution in [0.15, 0.2) is 65.7 Å². The van der Waals surface area contributed by atoms with Crippen LogP contribution in [0.25, 0.3) is 21.8 Å². The molecule has 2 aromatic heterocycles. The van der Waals surface area contributed by atoms with Crippen LogP contribution >= 0.6 is 0 Å². The molecule has 0 bridgehead atoms. The Morgan fingerprint density at radius 2 is 1.75 bits per heavy atom. The van der Waals surface area contributed by atoms with Crippen molar-refractivity contribution in [1.29, 1.82) is 0 Å². The standard InChI is InChI=1S/C25H23N5O6/c1-28(21(31)13-29(2)25(35)36)14-22(32)30-10-9-15-7-8-16(11-20(15)30)27-24(34)18-12-26-19-6-4-3-5-17(19)23(18)33/h3-12H,13-14H2,1-2H3,(H,26,33)(H,27,34)(H,35,36). The largest absolute Gasteiger partial charge is 0.465 e. The number of rotatable bonds is 6. The summed E-state index contributed by atoms with van der Waals surface area (Å²) in [6, 6.07) is 13.6. The number of aromatic nitrogens is 2. The zero-order valence-electron chi connectivity index (χ0n) is 19.5. The first-order chi connectivity index (χ1) is 17.2. The van der Waals surface area contributed by atoms with E-state index in [1.54, 1.807) is 54.7 Å². The number of aromatic amines is 1. The van der Waals surface area contributed by atoms with E-state index in [0.29, 0.717) is 22.1 Å². The van der Waals surface area contributed by atoms with E-state index in [4.69, 9.17) is 5.11 Å². The van der Waals surface area contributed by atoms with Crippen LogP contribution in [-0.4, -0.2) is 75.5 Å². The molecule has 4 rings (SSSR count). The van der Waals surface area contributed by atoms with Crippen LogP contribution in [0, 0.1) is 0 Å². The van der Waals surface area contributed by atoms with Gasteiger partial charge in [-0.2, -0.15) is 0 Å². The number of benzene rings is 2. The molecule has 2 heterocycles. The van der Waals surface area contributed by atoms with Gasteiger partial charge in [-0.1, -0.05) is 18.2 Å². The molecule has 11 heteroatoms. The number of para-hydroxylation sites is 1. The average Bonchev–Trinajstić information content (AvgIpc) is 3.27. The van der Waals surface area contributed by atoms with Gasteiger partial charge in [0.2, 0.25) is 11.3 Å². The van der Waals surface area contributed by atoms with E-state index in [-0.39, 0.29) is 18.7 Å². The molecule has 36 heavy (non-hydrogen) atoms. The summed E-state index contributed by atoms with van der Waals surface area (Å²) in [5.41, 5.74) is 1.04. The minimum absolute atomic E-state index is 0.0493. The Hall–Kier alpha value is -4.93. The molecule has 11 nitrogen and oxygen atoms in total. The van der Waals surface area contributed by atoms with Gasteiger partial charge in [0, 0.05) is 48.5 Å². The summed E-state index contributed by atoms with van der Waals surface area (Å²) in [5, 5.41) is 12.7. The van der Waals surface area contributed by atoms with Gasteiger partial charge in [-0.15, -0.1) is 0 Å². The SMILES string of the molecule is CN(CC(=O)N(C)CC(=O)n1ccc2ccc(NC(=O)c3c[nH]c4ccccc4c3=O)cc21)C(=O)O. The highest BCUT2D eigenvalue weighted by Gasteiger charge is 2.19. The number of carbonyl (C=O) groups is 4. The van der Waals surface area contributed by atoms with Crippen LogP contribution in [0.5, 0.6) is 0 Å². The van der Waals surface area contributed by atoms with Crippen LogP contribution < -0.4 is 10.7 Å². The fraction of sp³-hybridized carbons (Fsp3) is 0.160. The highest BCUT2D eigenvalue weighted by atomic mass is 16.4. The lowest BCUT2D eigenvalue weighted by atomic mass is 10.1. The molecule has 3 N–H and O–H groups in total. The van der Waals surface area contributed by atoms with Crippen LogP contribution in [0.3, 0.4) is 0 Å². The maximum atomic E-state index is 12.9. The zero-order chi connectivity index (χ0) is 26.0. The molecule has 4 aromatic rings. The lowest BCUT2D eigenvalue weighted by molar-refractivity contribution is -0.130. The fourth-order valence-corrected chi connectivity index (χ4v) is 3.72. The van der Waals surface area contributed by atoms with Gasteiger partial charge in [0.05, 0.1) is 5.52 Å². The number of carboxylic acid groups (broad SMARTS) is 1. The van der Waals surface area contributed by atoms with Crippen LogP contribution in [0.4, 0.5) is 10.5 Å². The summed E-state index contributed by atoms with van der Waals surface area (Å²) in [6.45, 7) is -0.658. The molecule has 0 radical (unpaired) electrons. The number of likely N-dealkylation sites (N-methyl/N-ethyl adjacent to an activating group) is 2. The van der Waals surface area contributed by atoms with Crippen molar-refractivity contribution in [1.82, 2.24) is 19.4 Å². The van der Waals surface area contributed by atoms with Crippen molar-refractivity contribution >= 4 is 51.3 Å². The van der Waals surface area contributed by atoms with Crippen molar-refractivity contribution in [2.24, 2.45) is 0 Å². The van der Waals surface area contributed by atoms with Crippen LogP contribution in [-0.2, 0) is 4.79 Å². The predicted octanol–water partition coefficient (Wildman–Crippen LogP) is 2.44. The topological polar surface area (TPSA) is 145 Å². The number of carbonyl (C=O) groups excluding carboxylic acids is 3. The zero-order valence-corrected chi connectivity index (χ0v) is 19.5. The maximum absolute atomic E-state index is 12.9. The van der Waals surface area contributed by atoms with Crippen molar-refractivity contribution in [2.75, 3.05) is 32.5 Å². The Kier molecular flexibility index (Phi) is 6.55. The van der Waals surface area contributed by atoms with Crippen LogP contribution in [0.2, 0.25) is 0 Å². The molecule has 0 atom stereocenters. The third-order valence-corrected chi connectivity index (χ3v) is 5.75. The van der Waals surface area contributed by atoms with Gasteiger partial charge in [0.25, 0.3) is 11.8 Å². The number of fused-ring (bicyclic) bond motifs is 2. The van der Waals surface area contributed by atoms with Crippen molar-refractivity contribution in [3.63, 3.8) is 0 Å². The van der Waals surface area contributed by atoms with Crippen molar-refractivity contribution in [2.45, 2.75) is 0 Å². The monoisotopic (exact) mass is 489 g/mol. The van der Waals surface area contributed by atoms with Gasteiger partial charge in [-0.3, -0.25) is 23.7 Å². The first kappa shape index (κ1) is 24.2. The molecular weight excluding hydrogens is 466 g/mol. The quantitative estimate of drug-likeness (QED) is 0.379. The molecule has 184 valence electrons. The van der Waals surface area contributed by atoms with E-state index >= 15 is 0 Å². The van der Waals surface area contributed by atoms with Gasteiger partial charge in [0.15, 0.2) is 0 Å². The molecular formula is C25H23N5O6. The lowest BCUT2D eigenvalue weighted by Gasteiger charge is -2.20. The number of hydrogen-bond donors (Lipinski definition) is 3. The summed E-state index contributed by atoms with van der Waals surface area (Å²) in [7, 11) is 2.67. The number of nitrogens with one attached hydrogen (secondary N) is 2. The molecule has 0 aliphatic rings. The van der Waals surface area contributed by atoms with E-state index in [9.17, 15) is 24.0 Å². The summed E-state index contributed by atoms with van der Waals surface area (Å²) in [4.78, 5) is 66.5. The lowest BCUT2D eigenvalue weighted by Crippen LogP contribution is -2.41. The highest BCUT2D eigenvalue weighted by molar-refractivity contribution is 6.06. The summed E-state index contributed by atoms with van der Waals surface area (Å²) < 4.78 is 1.35. The first-order valence-corrected chi connectivity index (χ1v) is 10.9.